The van der Waals surface area contributed by atoms with Crippen LogP contribution in [0.25, 0.3) is 0 Å². The first kappa shape index (κ1) is 20.9. The zero-order valence-corrected chi connectivity index (χ0v) is 16.5. The van der Waals surface area contributed by atoms with Crippen LogP contribution in [-0.2, 0) is 19.4 Å². The Balaban J connectivity index is 0.00000261. The number of fused-ring (bicyclic) bond motifs is 1. The number of carbonyl (C=O) groups is 1. The largest absolute Gasteiger partial charge is 0.493 e. The number of halogens is 1. The maximum Gasteiger partial charge on any atom is 0.272 e. The lowest BCUT2D eigenvalue weighted by molar-refractivity contribution is 0.0948. The third-order valence-electron chi connectivity index (χ3n) is 4.49. The summed E-state index contributed by atoms with van der Waals surface area (Å²) < 4.78 is 16.1. The topological polar surface area (TPSA) is 97.5 Å². The maximum absolute atomic E-state index is 12.4. The molecule has 2 aromatic rings. The first-order valence-electron chi connectivity index (χ1n) is 8.52. The number of rotatable bonds is 7. The Hall–Kier alpha value is -2.45. The molecule has 0 bridgehead atoms. The van der Waals surface area contributed by atoms with Crippen molar-refractivity contribution in [2.45, 2.75) is 19.4 Å². The average Bonchev–Trinajstić information content (AvgIpc) is 3.11. The van der Waals surface area contributed by atoms with Crippen molar-refractivity contribution in [1.29, 1.82) is 0 Å². The number of amides is 1. The Morgan fingerprint density at radius 2 is 1.96 bits per heavy atom. The number of carbonyl (C=O) groups excluding carboxylic acids is 1. The SMILES string of the molecule is COc1ccc(CCNC(=O)c2n[nH]c3c2CNCC3)c(OC)c1OC.Cl. The highest BCUT2D eigenvalue weighted by Gasteiger charge is 2.21. The van der Waals surface area contributed by atoms with Crippen LogP contribution in [-0.4, -0.2) is 50.5 Å². The van der Waals surface area contributed by atoms with Gasteiger partial charge in [0.05, 0.1) is 21.3 Å². The molecule has 0 fully saturated rings. The molecule has 1 amide bonds. The molecule has 1 aliphatic heterocycles. The smallest absolute Gasteiger partial charge is 0.272 e. The molecule has 148 valence electrons. The number of aromatic nitrogens is 2. The summed E-state index contributed by atoms with van der Waals surface area (Å²) in [5, 5.41) is 13.3. The second kappa shape index (κ2) is 9.48. The third kappa shape index (κ3) is 4.28. The molecule has 3 N–H and O–H groups in total. The molecule has 1 aromatic heterocycles. The molecule has 0 saturated carbocycles. The molecule has 9 heteroatoms. The summed E-state index contributed by atoms with van der Waals surface area (Å²) >= 11 is 0. The molecular formula is C18H25ClN4O4. The first-order valence-corrected chi connectivity index (χ1v) is 8.52. The van der Waals surface area contributed by atoms with Crippen LogP contribution in [0.4, 0.5) is 0 Å². The van der Waals surface area contributed by atoms with E-state index in [4.69, 9.17) is 14.2 Å². The van der Waals surface area contributed by atoms with E-state index in [-0.39, 0.29) is 18.3 Å². The summed E-state index contributed by atoms with van der Waals surface area (Å²) in [6.07, 6.45) is 1.46. The molecule has 1 aromatic carbocycles. The van der Waals surface area contributed by atoms with E-state index in [9.17, 15) is 4.79 Å². The number of ether oxygens (including phenoxy) is 3. The fourth-order valence-corrected chi connectivity index (χ4v) is 3.17. The molecular weight excluding hydrogens is 372 g/mol. The van der Waals surface area contributed by atoms with Gasteiger partial charge in [0.2, 0.25) is 5.75 Å². The van der Waals surface area contributed by atoms with Gasteiger partial charge in [-0.1, -0.05) is 6.07 Å². The highest BCUT2D eigenvalue weighted by Crippen LogP contribution is 2.39. The predicted molar refractivity (Wildman–Crippen MR) is 103 cm³/mol. The second-order valence-corrected chi connectivity index (χ2v) is 5.96. The van der Waals surface area contributed by atoms with E-state index < -0.39 is 0 Å². The molecule has 0 atom stereocenters. The summed E-state index contributed by atoms with van der Waals surface area (Å²) in [6, 6.07) is 3.74. The molecule has 2 heterocycles. The zero-order chi connectivity index (χ0) is 18.5. The highest BCUT2D eigenvalue weighted by atomic mass is 35.5. The number of benzene rings is 1. The minimum absolute atomic E-state index is 0. The lowest BCUT2D eigenvalue weighted by Crippen LogP contribution is -2.29. The van der Waals surface area contributed by atoms with Gasteiger partial charge in [-0.15, -0.1) is 12.4 Å². The van der Waals surface area contributed by atoms with Crippen LogP contribution in [0.3, 0.4) is 0 Å². The Bertz CT molecular complexity index is 794. The summed E-state index contributed by atoms with van der Waals surface area (Å²) in [5.41, 5.74) is 3.38. The lowest BCUT2D eigenvalue weighted by Gasteiger charge is -2.16. The molecule has 0 radical (unpaired) electrons. The standard InChI is InChI=1S/C18H24N4O4.ClH/c1-24-14-5-4-11(16(25-2)17(14)26-3)6-9-20-18(23)15-12-10-19-8-7-13(12)21-22-15;/h4-5,19H,6-10H2,1-3H3,(H,20,23)(H,21,22);1H. The fraction of sp³-hybridized carbons (Fsp3) is 0.444. The van der Waals surface area contributed by atoms with Crippen molar-refractivity contribution in [3.8, 4) is 17.2 Å². The third-order valence-corrected chi connectivity index (χ3v) is 4.49. The van der Waals surface area contributed by atoms with Crippen molar-refractivity contribution < 1.29 is 19.0 Å². The molecule has 8 nitrogen and oxygen atoms in total. The Labute approximate surface area is 164 Å². The number of H-pyrrole nitrogens is 1. The summed E-state index contributed by atoms with van der Waals surface area (Å²) in [4.78, 5) is 12.4. The number of aromatic amines is 1. The maximum atomic E-state index is 12.4. The van der Waals surface area contributed by atoms with Crippen molar-refractivity contribution in [1.82, 2.24) is 20.8 Å². The van der Waals surface area contributed by atoms with Crippen molar-refractivity contribution >= 4 is 18.3 Å². The normalized spacial score (nSPS) is 12.6. The molecule has 27 heavy (non-hydrogen) atoms. The van der Waals surface area contributed by atoms with Gasteiger partial charge in [-0.25, -0.2) is 0 Å². The van der Waals surface area contributed by atoms with Gasteiger partial charge < -0.3 is 24.8 Å². The van der Waals surface area contributed by atoms with E-state index >= 15 is 0 Å². The highest BCUT2D eigenvalue weighted by molar-refractivity contribution is 5.94. The first-order chi connectivity index (χ1) is 12.7. The van der Waals surface area contributed by atoms with Gasteiger partial charge in [0, 0.05) is 42.9 Å². The molecule has 0 aliphatic carbocycles. The Morgan fingerprint density at radius 3 is 2.67 bits per heavy atom. The van der Waals surface area contributed by atoms with Crippen molar-refractivity contribution in [2.75, 3.05) is 34.4 Å². The van der Waals surface area contributed by atoms with Crippen LogP contribution in [0.2, 0.25) is 0 Å². The number of hydrogen-bond donors (Lipinski definition) is 3. The van der Waals surface area contributed by atoms with Crippen LogP contribution in [0, 0.1) is 0 Å². The van der Waals surface area contributed by atoms with Gasteiger partial charge in [-0.3, -0.25) is 9.89 Å². The average molecular weight is 397 g/mol. The van der Waals surface area contributed by atoms with Gasteiger partial charge in [-0.05, 0) is 12.5 Å². The Morgan fingerprint density at radius 1 is 1.19 bits per heavy atom. The minimum atomic E-state index is -0.175. The van der Waals surface area contributed by atoms with E-state index in [2.05, 4.69) is 20.8 Å². The molecule has 0 spiro atoms. The molecule has 1 aliphatic rings. The number of methoxy groups -OCH3 is 3. The molecule has 0 unspecified atom stereocenters. The van der Waals surface area contributed by atoms with Gasteiger partial charge in [0.25, 0.3) is 5.91 Å². The van der Waals surface area contributed by atoms with Gasteiger partial charge >= 0.3 is 0 Å². The van der Waals surface area contributed by atoms with Gasteiger partial charge in [0.1, 0.15) is 0 Å². The van der Waals surface area contributed by atoms with Gasteiger partial charge in [-0.2, -0.15) is 5.10 Å². The van der Waals surface area contributed by atoms with E-state index in [1.807, 2.05) is 12.1 Å². The van der Waals surface area contributed by atoms with E-state index in [1.54, 1.807) is 21.3 Å². The monoisotopic (exact) mass is 396 g/mol. The summed E-state index contributed by atoms with van der Waals surface area (Å²) in [7, 11) is 4.74. The van der Waals surface area contributed by atoms with Crippen LogP contribution in [0.5, 0.6) is 17.2 Å². The van der Waals surface area contributed by atoms with E-state index in [0.717, 1.165) is 29.8 Å². The van der Waals surface area contributed by atoms with Crippen LogP contribution in [0.15, 0.2) is 12.1 Å². The van der Waals surface area contributed by atoms with Crippen molar-refractivity contribution in [3.05, 3.63) is 34.6 Å². The van der Waals surface area contributed by atoms with E-state index in [1.165, 1.54) is 0 Å². The Kier molecular flexibility index (Phi) is 7.32. The van der Waals surface area contributed by atoms with Crippen LogP contribution < -0.4 is 24.8 Å². The number of nitrogens with one attached hydrogen (secondary N) is 3. The van der Waals surface area contributed by atoms with Crippen molar-refractivity contribution in [3.63, 3.8) is 0 Å². The van der Waals surface area contributed by atoms with Gasteiger partial charge in [0.15, 0.2) is 17.2 Å². The van der Waals surface area contributed by atoms with Crippen molar-refractivity contribution in [2.24, 2.45) is 0 Å². The zero-order valence-electron chi connectivity index (χ0n) is 15.7. The number of hydrogen-bond acceptors (Lipinski definition) is 6. The quantitative estimate of drug-likeness (QED) is 0.655. The lowest BCUT2D eigenvalue weighted by atomic mass is 10.1. The predicted octanol–water partition coefficient (Wildman–Crippen LogP) is 1.48. The minimum Gasteiger partial charge on any atom is -0.493 e. The summed E-state index contributed by atoms with van der Waals surface area (Å²) in [6.45, 7) is 2.02. The molecule has 0 saturated heterocycles. The summed E-state index contributed by atoms with van der Waals surface area (Å²) in [5.74, 6) is 1.59. The fourth-order valence-electron chi connectivity index (χ4n) is 3.17. The van der Waals surface area contributed by atoms with Crippen LogP contribution in [0.1, 0.15) is 27.3 Å². The van der Waals surface area contributed by atoms with E-state index in [0.29, 0.717) is 42.5 Å². The van der Waals surface area contributed by atoms with Crippen LogP contribution >= 0.6 is 12.4 Å². The number of nitrogens with zero attached hydrogens (tertiary/aromatic N) is 1. The molecule has 3 rings (SSSR count). The second-order valence-electron chi connectivity index (χ2n) is 5.96.